The summed E-state index contributed by atoms with van der Waals surface area (Å²) in [5.74, 6) is -0.0175. The van der Waals surface area contributed by atoms with Crippen LogP contribution in [-0.4, -0.2) is 36.0 Å². The lowest BCUT2D eigenvalue weighted by molar-refractivity contribution is -0.153. The molecule has 1 atom stereocenters. The Hall–Kier alpha value is -1.32. The Morgan fingerprint density at radius 3 is 2.35 bits per heavy atom. The molecule has 0 saturated heterocycles. The van der Waals surface area contributed by atoms with Crippen molar-refractivity contribution in [1.29, 1.82) is 0 Å². The zero-order valence-corrected chi connectivity index (χ0v) is 11.2. The fourth-order valence-corrected chi connectivity index (χ4v) is 1.34. The van der Waals surface area contributed by atoms with Crippen molar-refractivity contribution in [2.24, 2.45) is 5.92 Å². The Balaban J connectivity index is 4.25. The summed E-state index contributed by atoms with van der Waals surface area (Å²) < 4.78 is 5.12. The van der Waals surface area contributed by atoms with Gasteiger partial charge in [0, 0.05) is 13.5 Å². The van der Waals surface area contributed by atoms with Crippen LogP contribution in [0.4, 0.5) is 0 Å². The van der Waals surface area contributed by atoms with E-state index in [1.165, 1.54) is 11.8 Å². The highest BCUT2D eigenvalue weighted by atomic mass is 16.5. The highest BCUT2D eigenvalue weighted by Crippen LogP contribution is 2.05. The van der Waals surface area contributed by atoms with Crippen LogP contribution in [0.2, 0.25) is 0 Å². The molecule has 0 aliphatic carbocycles. The molecule has 0 aromatic heterocycles. The van der Waals surface area contributed by atoms with Gasteiger partial charge < -0.3 is 9.64 Å². The molecular formula is C13H23NO3. The first kappa shape index (κ1) is 15.7. The van der Waals surface area contributed by atoms with Crippen molar-refractivity contribution in [3.8, 4) is 0 Å². The van der Waals surface area contributed by atoms with E-state index in [0.717, 1.165) is 6.42 Å². The largest absolute Gasteiger partial charge is 0.464 e. The Morgan fingerprint density at radius 1 is 1.35 bits per heavy atom. The van der Waals surface area contributed by atoms with E-state index in [0.29, 0.717) is 19.1 Å². The van der Waals surface area contributed by atoms with Crippen LogP contribution in [0.1, 0.15) is 34.1 Å². The number of ether oxygens (including phenoxy) is 1. The van der Waals surface area contributed by atoms with Crippen molar-refractivity contribution in [3.63, 3.8) is 0 Å². The summed E-state index contributed by atoms with van der Waals surface area (Å²) in [7, 11) is 0. The summed E-state index contributed by atoms with van der Waals surface area (Å²) in [6.45, 7) is 11.6. The van der Waals surface area contributed by atoms with Crippen LogP contribution in [0.3, 0.4) is 0 Å². The summed E-state index contributed by atoms with van der Waals surface area (Å²) in [5.41, 5.74) is 0. The minimum atomic E-state index is -0.558. The van der Waals surface area contributed by atoms with Gasteiger partial charge in [0.2, 0.25) is 5.91 Å². The summed E-state index contributed by atoms with van der Waals surface area (Å²) in [5, 5.41) is 0. The molecule has 0 bridgehead atoms. The third kappa shape index (κ3) is 6.09. The summed E-state index contributed by atoms with van der Waals surface area (Å²) >= 11 is 0. The maximum absolute atomic E-state index is 11.7. The van der Waals surface area contributed by atoms with Gasteiger partial charge in [0.15, 0.2) is 0 Å². The van der Waals surface area contributed by atoms with E-state index in [2.05, 4.69) is 20.4 Å². The van der Waals surface area contributed by atoms with Gasteiger partial charge in [-0.3, -0.25) is 4.79 Å². The summed E-state index contributed by atoms with van der Waals surface area (Å²) in [4.78, 5) is 24.5. The van der Waals surface area contributed by atoms with Crippen LogP contribution < -0.4 is 0 Å². The quantitative estimate of drug-likeness (QED) is 0.506. The second-order valence-corrected chi connectivity index (χ2v) is 4.49. The van der Waals surface area contributed by atoms with Gasteiger partial charge in [-0.25, -0.2) is 4.79 Å². The number of amides is 1. The third-order valence-electron chi connectivity index (χ3n) is 2.48. The molecule has 17 heavy (non-hydrogen) atoms. The minimum Gasteiger partial charge on any atom is -0.464 e. The number of nitrogens with zero attached hydrogens (tertiary/aromatic N) is 1. The number of esters is 1. The maximum atomic E-state index is 11.7. The number of carbonyl (C=O) groups excluding carboxylic acids is 2. The average Bonchev–Trinajstić information content (AvgIpc) is 2.23. The van der Waals surface area contributed by atoms with Crippen molar-refractivity contribution in [2.75, 3.05) is 13.2 Å². The first-order chi connectivity index (χ1) is 7.90. The molecule has 0 aromatic carbocycles. The van der Waals surface area contributed by atoms with Gasteiger partial charge in [-0.15, -0.1) is 6.58 Å². The van der Waals surface area contributed by atoms with Crippen molar-refractivity contribution in [1.82, 2.24) is 4.90 Å². The molecule has 0 aliphatic rings. The second kappa shape index (κ2) is 7.87. The zero-order chi connectivity index (χ0) is 13.4. The molecule has 4 heteroatoms. The normalized spacial score (nSPS) is 12.1. The van der Waals surface area contributed by atoms with Gasteiger partial charge >= 0.3 is 5.97 Å². The third-order valence-corrected chi connectivity index (χ3v) is 2.48. The van der Waals surface area contributed by atoms with Gasteiger partial charge in [0.05, 0.1) is 6.61 Å². The minimum absolute atomic E-state index is 0.154. The molecule has 0 aliphatic heterocycles. The Labute approximate surface area is 104 Å². The molecule has 0 fully saturated rings. The van der Waals surface area contributed by atoms with E-state index in [-0.39, 0.29) is 11.9 Å². The number of carbonyl (C=O) groups is 2. The molecule has 0 aromatic rings. The van der Waals surface area contributed by atoms with Crippen molar-refractivity contribution in [2.45, 2.75) is 40.2 Å². The maximum Gasteiger partial charge on any atom is 0.328 e. The van der Waals surface area contributed by atoms with Crippen LogP contribution in [0.15, 0.2) is 12.7 Å². The highest BCUT2D eigenvalue weighted by Gasteiger charge is 2.23. The molecule has 98 valence electrons. The van der Waals surface area contributed by atoms with Gasteiger partial charge in [0.1, 0.15) is 6.04 Å². The fourth-order valence-electron chi connectivity index (χ4n) is 1.34. The van der Waals surface area contributed by atoms with Crippen LogP contribution in [0, 0.1) is 5.92 Å². The topological polar surface area (TPSA) is 46.6 Å². The molecular weight excluding hydrogens is 218 g/mol. The van der Waals surface area contributed by atoms with Crippen LogP contribution >= 0.6 is 0 Å². The average molecular weight is 241 g/mol. The SMILES string of the molecule is C=CCN(C(C)=O)C(C)C(=O)OCCC(C)C. The van der Waals surface area contributed by atoms with Gasteiger partial charge in [-0.05, 0) is 19.3 Å². The molecule has 0 radical (unpaired) electrons. The second-order valence-electron chi connectivity index (χ2n) is 4.49. The van der Waals surface area contributed by atoms with E-state index >= 15 is 0 Å². The molecule has 0 heterocycles. The van der Waals surface area contributed by atoms with E-state index in [4.69, 9.17) is 4.74 Å². The van der Waals surface area contributed by atoms with Gasteiger partial charge in [-0.1, -0.05) is 19.9 Å². The highest BCUT2D eigenvalue weighted by molar-refractivity contribution is 5.83. The van der Waals surface area contributed by atoms with Crippen LogP contribution in [0.5, 0.6) is 0 Å². The van der Waals surface area contributed by atoms with Gasteiger partial charge in [0.25, 0.3) is 0 Å². The zero-order valence-electron chi connectivity index (χ0n) is 11.2. The van der Waals surface area contributed by atoms with Gasteiger partial charge in [-0.2, -0.15) is 0 Å². The lowest BCUT2D eigenvalue weighted by atomic mass is 10.1. The van der Waals surface area contributed by atoms with E-state index in [1.54, 1.807) is 13.0 Å². The Kier molecular flexibility index (Phi) is 7.26. The predicted octanol–water partition coefficient (Wildman–Crippen LogP) is 2.00. The first-order valence-electron chi connectivity index (χ1n) is 5.94. The number of hydrogen-bond donors (Lipinski definition) is 0. The molecule has 1 unspecified atom stereocenters. The molecule has 0 N–H and O–H groups in total. The standard InChI is InChI=1S/C13H23NO3/c1-6-8-14(12(5)15)11(4)13(16)17-9-7-10(2)3/h6,10-11H,1,7-9H2,2-5H3. The Bertz CT molecular complexity index is 274. The fraction of sp³-hybridized carbons (Fsp3) is 0.692. The number of hydrogen-bond acceptors (Lipinski definition) is 3. The number of rotatable bonds is 7. The molecule has 0 saturated carbocycles. The lowest BCUT2D eigenvalue weighted by Gasteiger charge is -2.25. The Morgan fingerprint density at radius 2 is 1.94 bits per heavy atom. The van der Waals surface area contributed by atoms with Crippen molar-refractivity contribution < 1.29 is 14.3 Å². The van der Waals surface area contributed by atoms with Crippen LogP contribution in [0.25, 0.3) is 0 Å². The smallest absolute Gasteiger partial charge is 0.328 e. The molecule has 1 amide bonds. The molecule has 0 spiro atoms. The van der Waals surface area contributed by atoms with Crippen molar-refractivity contribution >= 4 is 11.9 Å². The lowest BCUT2D eigenvalue weighted by Crippen LogP contribution is -2.43. The van der Waals surface area contributed by atoms with Crippen molar-refractivity contribution in [3.05, 3.63) is 12.7 Å². The predicted molar refractivity (Wildman–Crippen MR) is 67.5 cm³/mol. The summed E-state index contributed by atoms with van der Waals surface area (Å²) in [6.07, 6.45) is 2.43. The molecule has 4 nitrogen and oxygen atoms in total. The molecule has 0 rings (SSSR count). The van der Waals surface area contributed by atoms with Crippen LogP contribution in [-0.2, 0) is 14.3 Å². The summed E-state index contributed by atoms with van der Waals surface area (Å²) in [6, 6.07) is -0.558. The van der Waals surface area contributed by atoms with E-state index in [9.17, 15) is 9.59 Å². The first-order valence-corrected chi connectivity index (χ1v) is 5.94. The van der Waals surface area contributed by atoms with E-state index < -0.39 is 6.04 Å². The monoisotopic (exact) mass is 241 g/mol. The van der Waals surface area contributed by atoms with E-state index in [1.807, 2.05) is 0 Å².